The van der Waals surface area contributed by atoms with Crippen LogP contribution in [0.5, 0.6) is 0 Å². The van der Waals surface area contributed by atoms with Gasteiger partial charge in [-0.15, -0.1) is 13.2 Å². The third kappa shape index (κ3) is 6.68. The molecule has 34 heavy (non-hydrogen) atoms. The van der Waals surface area contributed by atoms with Crippen LogP contribution in [0.1, 0.15) is 52.4 Å². The van der Waals surface area contributed by atoms with Gasteiger partial charge in [-0.3, -0.25) is 23.9 Å². The van der Waals surface area contributed by atoms with Gasteiger partial charge in [0.05, 0.1) is 6.04 Å². The van der Waals surface area contributed by atoms with E-state index in [4.69, 9.17) is 0 Å². The number of aliphatic hydroxyl groups is 1. The fourth-order valence-electron chi connectivity index (χ4n) is 4.75. The third-order valence-corrected chi connectivity index (χ3v) is 6.80. The second-order valence-corrected chi connectivity index (χ2v) is 10.1. The van der Waals surface area contributed by atoms with Crippen LogP contribution in [0.25, 0.3) is 0 Å². The van der Waals surface area contributed by atoms with E-state index in [1.165, 1.54) is 4.90 Å². The molecule has 0 bridgehead atoms. The maximum Gasteiger partial charge on any atom is 0.522 e. The lowest BCUT2D eigenvalue weighted by Crippen LogP contribution is -2.53. The predicted octanol–water partition coefficient (Wildman–Crippen LogP) is 0.891. The van der Waals surface area contributed by atoms with Crippen LogP contribution in [0.2, 0.25) is 0 Å². The Hall–Kier alpha value is -2.21. The fourth-order valence-corrected chi connectivity index (χ4v) is 4.75. The summed E-state index contributed by atoms with van der Waals surface area (Å²) in [5.74, 6) is -3.19. The number of rotatable bonds is 10. The second kappa shape index (κ2) is 10.2. The molecule has 3 N–H and O–H groups in total. The van der Waals surface area contributed by atoms with Gasteiger partial charge in [-0.25, -0.2) is 0 Å². The first-order valence-corrected chi connectivity index (χ1v) is 11.6. The van der Waals surface area contributed by atoms with Crippen LogP contribution < -0.4 is 10.6 Å². The van der Waals surface area contributed by atoms with Crippen molar-refractivity contribution in [3.63, 3.8) is 0 Å². The van der Waals surface area contributed by atoms with E-state index >= 15 is 0 Å². The molecular formula is C22H32F3N3O6. The van der Waals surface area contributed by atoms with E-state index in [0.717, 1.165) is 12.8 Å². The number of carbonyl (C=O) groups is 4. The lowest BCUT2D eigenvalue weighted by Gasteiger charge is -2.28. The topological polar surface area (TPSA) is 125 Å². The van der Waals surface area contributed by atoms with Crippen LogP contribution in [-0.2, 0) is 23.9 Å². The minimum absolute atomic E-state index is 0.0527. The van der Waals surface area contributed by atoms with Crippen molar-refractivity contribution in [2.24, 2.45) is 17.3 Å². The van der Waals surface area contributed by atoms with Crippen LogP contribution in [0.4, 0.5) is 13.2 Å². The summed E-state index contributed by atoms with van der Waals surface area (Å²) in [6.45, 7) is 3.09. The number of carbonyl (C=O) groups excluding carboxylic acids is 4. The average Bonchev–Trinajstić information content (AvgIpc) is 3.19. The molecule has 3 fully saturated rings. The molecule has 1 spiro atoms. The highest BCUT2D eigenvalue weighted by molar-refractivity contribution is 5.95. The largest absolute Gasteiger partial charge is 0.522 e. The summed E-state index contributed by atoms with van der Waals surface area (Å²) in [6.07, 6.45) is -3.85. The summed E-state index contributed by atoms with van der Waals surface area (Å²) in [5, 5.41) is 15.4. The maximum absolute atomic E-state index is 13.2. The first-order valence-electron chi connectivity index (χ1n) is 11.6. The van der Waals surface area contributed by atoms with E-state index in [2.05, 4.69) is 15.4 Å². The standard InChI is InChI=1S/C22H32F3N3O6/c1-12(2)7-16(29)20(33)28-11-21(4-5-21)9-15(28)19(32)27-14(8-13-3-6-26-18(13)31)17(30)10-34-22(23,24)25/h12-16,29H,3-11H2,1-2H3,(H,26,31)(H,27,32)/t13-,14-,15-,16-/m0/s1. The van der Waals surface area contributed by atoms with Crippen LogP contribution in [0, 0.1) is 17.3 Å². The number of hydrogen-bond donors (Lipinski definition) is 3. The molecule has 0 radical (unpaired) electrons. The fraction of sp³-hybridized carbons (Fsp3) is 0.818. The van der Waals surface area contributed by atoms with Gasteiger partial charge < -0.3 is 20.6 Å². The van der Waals surface area contributed by atoms with Gasteiger partial charge in [0.1, 0.15) is 18.8 Å². The Morgan fingerprint density at radius 2 is 1.97 bits per heavy atom. The molecule has 4 atom stereocenters. The molecule has 12 heteroatoms. The highest BCUT2D eigenvalue weighted by Crippen LogP contribution is 2.55. The lowest BCUT2D eigenvalue weighted by atomic mass is 9.95. The molecular weight excluding hydrogens is 459 g/mol. The van der Waals surface area contributed by atoms with Crippen LogP contribution in [0.3, 0.4) is 0 Å². The number of aliphatic hydroxyl groups excluding tert-OH is 1. The van der Waals surface area contributed by atoms with Gasteiger partial charge in [-0.1, -0.05) is 13.8 Å². The number of ketones is 1. The molecule has 3 aliphatic rings. The van der Waals surface area contributed by atoms with Crippen molar-refractivity contribution in [1.82, 2.24) is 15.5 Å². The number of ether oxygens (including phenoxy) is 1. The number of nitrogens with one attached hydrogen (secondary N) is 2. The molecule has 0 unspecified atom stereocenters. The van der Waals surface area contributed by atoms with Gasteiger partial charge >= 0.3 is 6.36 Å². The van der Waals surface area contributed by atoms with Crippen molar-refractivity contribution in [3.8, 4) is 0 Å². The molecule has 3 rings (SSSR count). The number of halogens is 3. The van der Waals surface area contributed by atoms with Gasteiger partial charge in [0, 0.05) is 19.0 Å². The van der Waals surface area contributed by atoms with Crippen LogP contribution in [-0.4, -0.2) is 77.8 Å². The van der Waals surface area contributed by atoms with Crippen molar-refractivity contribution in [1.29, 1.82) is 0 Å². The van der Waals surface area contributed by atoms with E-state index in [9.17, 15) is 37.5 Å². The molecule has 3 amide bonds. The van der Waals surface area contributed by atoms with E-state index in [-0.39, 0.29) is 30.1 Å². The van der Waals surface area contributed by atoms with Gasteiger partial charge in [0.15, 0.2) is 5.78 Å². The molecule has 192 valence electrons. The summed E-state index contributed by atoms with van der Waals surface area (Å²) < 4.78 is 41.0. The molecule has 1 saturated carbocycles. The SMILES string of the molecule is CC(C)C[C@H](O)C(=O)N1CC2(CC2)C[C@H]1C(=O)N[C@@H](C[C@@H]1CCNC1=O)C(=O)COC(F)(F)F. The highest BCUT2D eigenvalue weighted by Gasteiger charge is 2.56. The number of likely N-dealkylation sites (tertiary alicyclic amines) is 1. The van der Waals surface area contributed by atoms with Crippen molar-refractivity contribution in [3.05, 3.63) is 0 Å². The Labute approximate surface area is 195 Å². The first-order chi connectivity index (χ1) is 15.8. The minimum atomic E-state index is -5.02. The number of Topliss-reactive ketones (excluding diaryl/α,β-unsaturated/α-hetero) is 1. The Kier molecular flexibility index (Phi) is 7.91. The Morgan fingerprint density at radius 1 is 1.29 bits per heavy atom. The number of hydrogen-bond acceptors (Lipinski definition) is 6. The predicted molar refractivity (Wildman–Crippen MR) is 112 cm³/mol. The molecule has 2 aliphatic heterocycles. The van der Waals surface area contributed by atoms with Gasteiger partial charge in [0.2, 0.25) is 11.8 Å². The molecule has 0 aromatic rings. The zero-order valence-corrected chi connectivity index (χ0v) is 19.3. The van der Waals surface area contributed by atoms with Crippen molar-refractivity contribution < 1.29 is 42.2 Å². The number of nitrogens with zero attached hydrogens (tertiary/aromatic N) is 1. The van der Waals surface area contributed by atoms with Crippen molar-refractivity contribution >= 4 is 23.5 Å². The monoisotopic (exact) mass is 491 g/mol. The third-order valence-electron chi connectivity index (χ3n) is 6.80. The zero-order valence-electron chi connectivity index (χ0n) is 19.3. The Morgan fingerprint density at radius 3 is 2.50 bits per heavy atom. The zero-order chi connectivity index (χ0) is 25.3. The minimum Gasteiger partial charge on any atom is -0.383 e. The van der Waals surface area contributed by atoms with Crippen molar-refractivity contribution in [2.45, 2.75) is 76.9 Å². The molecule has 1 aliphatic carbocycles. The van der Waals surface area contributed by atoms with E-state index < -0.39 is 54.7 Å². The summed E-state index contributed by atoms with van der Waals surface area (Å²) in [5.41, 5.74) is -0.209. The number of alkyl halides is 3. The number of amides is 3. The van der Waals surface area contributed by atoms with E-state index in [1.807, 2.05) is 13.8 Å². The van der Waals surface area contributed by atoms with Gasteiger partial charge in [-0.2, -0.15) is 0 Å². The summed E-state index contributed by atoms with van der Waals surface area (Å²) >= 11 is 0. The summed E-state index contributed by atoms with van der Waals surface area (Å²) in [7, 11) is 0. The van der Waals surface area contributed by atoms with E-state index in [0.29, 0.717) is 25.9 Å². The summed E-state index contributed by atoms with van der Waals surface area (Å²) in [6, 6.07) is -2.33. The maximum atomic E-state index is 13.2. The quantitative estimate of drug-likeness (QED) is 0.417. The molecule has 0 aromatic heterocycles. The molecule has 0 aromatic carbocycles. The normalized spacial score (nSPS) is 25.4. The summed E-state index contributed by atoms with van der Waals surface area (Å²) in [4.78, 5) is 51.9. The first kappa shape index (κ1) is 26.4. The highest BCUT2D eigenvalue weighted by atomic mass is 19.4. The van der Waals surface area contributed by atoms with E-state index in [1.54, 1.807) is 0 Å². The van der Waals surface area contributed by atoms with Gasteiger partial charge in [0.25, 0.3) is 5.91 Å². The molecule has 2 saturated heterocycles. The van der Waals surface area contributed by atoms with Gasteiger partial charge in [-0.05, 0) is 49.9 Å². The second-order valence-electron chi connectivity index (χ2n) is 10.1. The van der Waals surface area contributed by atoms with Crippen molar-refractivity contribution in [2.75, 3.05) is 19.7 Å². The smallest absolute Gasteiger partial charge is 0.383 e. The molecule has 2 heterocycles. The molecule has 9 nitrogen and oxygen atoms in total. The van der Waals surface area contributed by atoms with Crippen LogP contribution in [0.15, 0.2) is 0 Å². The average molecular weight is 492 g/mol. The Bertz CT molecular complexity index is 814. The van der Waals surface area contributed by atoms with Crippen LogP contribution >= 0.6 is 0 Å². The Balaban J connectivity index is 1.73. The lowest BCUT2D eigenvalue weighted by molar-refractivity contribution is -0.321.